The molecule has 1 N–H and O–H groups in total. The third-order valence-corrected chi connectivity index (χ3v) is 4.27. The van der Waals surface area contributed by atoms with Crippen LogP contribution in [0.15, 0.2) is 21.3 Å². The summed E-state index contributed by atoms with van der Waals surface area (Å²) in [5, 5.41) is 10.9. The maximum absolute atomic E-state index is 12.1. The van der Waals surface area contributed by atoms with Gasteiger partial charge in [-0.3, -0.25) is 4.79 Å². The fourth-order valence-corrected chi connectivity index (χ4v) is 3.14. The summed E-state index contributed by atoms with van der Waals surface area (Å²) in [4.78, 5) is 23.5. The number of esters is 1. The summed E-state index contributed by atoms with van der Waals surface area (Å²) in [5.41, 5.74) is 2.10. The molecular formula is C17H18O5. The number of ether oxygens (including phenoxy) is 1. The molecule has 0 saturated heterocycles. The van der Waals surface area contributed by atoms with Crippen molar-refractivity contribution in [3.05, 3.63) is 39.2 Å². The lowest BCUT2D eigenvalue weighted by molar-refractivity contribution is -0.139. The fourth-order valence-electron chi connectivity index (χ4n) is 3.14. The Morgan fingerprint density at radius 2 is 2.18 bits per heavy atom. The van der Waals surface area contributed by atoms with Gasteiger partial charge in [-0.15, -0.1) is 0 Å². The summed E-state index contributed by atoms with van der Waals surface area (Å²) in [6, 6.07) is 3.17. The number of hydrogen-bond acceptors (Lipinski definition) is 5. The Hall–Kier alpha value is -2.30. The lowest BCUT2D eigenvalue weighted by Gasteiger charge is -2.22. The van der Waals surface area contributed by atoms with Crippen LogP contribution in [0.1, 0.15) is 30.0 Å². The SMILES string of the molecule is COC(=O)Cc1cc(O)c2c3c(c(=O)oc2c1)CCC(C)C3. The molecule has 3 rings (SSSR count). The van der Waals surface area contributed by atoms with Crippen LogP contribution in [-0.4, -0.2) is 18.2 Å². The van der Waals surface area contributed by atoms with E-state index in [1.165, 1.54) is 7.11 Å². The van der Waals surface area contributed by atoms with Crippen LogP contribution in [0.3, 0.4) is 0 Å². The van der Waals surface area contributed by atoms with Gasteiger partial charge >= 0.3 is 11.6 Å². The molecule has 1 unspecified atom stereocenters. The van der Waals surface area contributed by atoms with E-state index in [1.807, 2.05) is 0 Å². The third-order valence-electron chi connectivity index (χ3n) is 4.27. The smallest absolute Gasteiger partial charge is 0.339 e. The van der Waals surface area contributed by atoms with E-state index in [4.69, 9.17) is 4.42 Å². The van der Waals surface area contributed by atoms with Crippen LogP contribution in [0.4, 0.5) is 0 Å². The molecule has 5 heteroatoms. The van der Waals surface area contributed by atoms with Crippen LogP contribution in [-0.2, 0) is 28.8 Å². The van der Waals surface area contributed by atoms with Crippen LogP contribution in [0.2, 0.25) is 0 Å². The molecule has 2 aromatic rings. The molecule has 0 amide bonds. The molecule has 1 aromatic heterocycles. The minimum Gasteiger partial charge on any atom is -0.507 e. The second-order valence-electron chi connectivity index (χ2n) is 5.94. The summed E-state index contributed by atoms with van der Waals surface area (Å²) < 4.78 is 9.99. The molecule has 1 atom stereocenters. The van der Waals surface area contributed by atoms with E-state index in [1.54, 1.807) is 12.1 Å². The first-order valence-corrected chi connectivity index (χ1v) is 7.37. The molecule has 0 saturated carbocycles. The molecule has 0 bridgehead atoms. The standard InChI is InChI=1S/C17H18O5/c1-9-3-4-11-12(5-9)16-13(18)6-10(8-15(19)21-2)7-14(16)22-17(11)20/h6-7,9,18H,3-5,8H2,1-2H3. The maximum atomic E-state index is 12.1. The van der Waals surface area contributed by atoms with E-state index < -0.39 is 5.97 Å². The van der Waals surface area contributed by atoms with Crippen molar-refractivity contribution in [2.75, 3.05) is 7.11 Å². The number of phenolic OH excluding ortho intramolecular Hbond substituents is 1. The van der Waals surface area contributed by atoms with Crippen molar-refractivity contribution in [3.8, 4) is 5.75 Å². The number of carbonyl (C=O) groups excluding carboxylic acids is 1. The van der Waals surface area contributed by atoms with Gasteiger partial charge in [0.15, 0.2) is 0 Å². The number of fused-ring (bicyclic) bond motifs is 3. The first kappa shape index (κ1) is 14.6. The van der Waals surface area contributed by atoms with Crippen molar-refractivity contribution in [2.45, 2.75) is 32.6 Å². The second-order valence-corrected chi connectivity index (χ2v) is 5.94. The number of phenols is 1. The molecule has 1 aliphatic rings. The molecule has 116 valence electrons. The molecule has 0 aliphatic heterocycles. The van der Waals surface area contributed by atoms with E-state index in [9.17, 15) is 14.7 Å². The van der Waals surface area contributed by atoms with E-state index in [0.29, 0.717) is 34.4 Å². The van der Waals surface area contributed by atoms with E-state index in [2.05, 4.69) is 11.7 Å². The van der Waals surface area contributed by atoms with Gasteiger partial charge in [0.1, 0.15) is 11.3 Å². The van der Waals surface area contributed by atoms with Crippen LogP contribution in [0.5, 0.6) is 5.75 Å². The molecule has 0 fully saturated rings. The van der Waals surface area contributed by atoms with Gasteiger partial charge in [0.2, 0.25) is 0 Å². The van der Waals surface area contributed by atoms with E-state index >= 15 is 0 Å². The zero-order valence-corrected chi connectivity index (χ0v) is 12.6. The normalized spacial score (nSPS) is 17.3. The number of aromatic hydroxyl groups is 1. The number of benzene rings is 1. The van der Waals surface area contributed by atoms with Crippen molar-refractivity contribution in [3.63, 3.8) is 0 Å². The van der Waals surface area contributed by atoms with Crippen molar-refractivity contribution in [1.29, 1.82) is 0 Å². The Bertz CT molecular complexity index is 803. The Morgan fingerprint density at radius 1 is 1.41 bits per heavy atom. The molecule has 1 aromatic carbocycles. The number of rotatable bonds is 2. The Labute approximate surface area is 127 Å². The topological polar surface area (TPSA) is 76.7 Å². The molecule has 0 spiro atoms. The van der Waals surface area contributed by atoms with Gasteiger partial charge in [-0.2, -0.15) is 0 Å². The molecule has 1 heterocycles. The molecule has 22 heavy (non-hydrogen) atoms. The highest BCUT2D eigenvalue weighted by Crippen LogP contribution is 2.35. The van der Waals surface area contributed by atoms with Crippen molar-refractivity contribution >= 4 is 16.9 Å². The molecule has 5 nitrogen and oxygen atoms in total. The predicted molar refractivity (Wildman–Crippen MR) is 81.1 cm³/mol. The van der Waals surface area contributed by atoms with Gasteiger partial charge in [0.05, 0.1) is 18.9 Å². The van der Waals surface area contributed by atoms with Crippen LogP contribution in [0.25, 0.3) is 11.0 Å². The average molecular weight is 302 g/mol. The van der Waals surface area contributed by atoms with Gasteiger partial charge in [0, 0.05) is 5.56 Å². The summed E-state index contributed by atoms with van der Waals surface area (Å²) in [6.07, 6.45) is 2.40. The number of carbonyl (C=O) groups is 1. The minimum absolute atomic E-state index is 0.0250. The van der Waals surface area contributed by atoms with Gasteiger partial charge in [-0.05, 0) is 48.4 Å². The quantitative estimate of drug-likeness (QED) is 0.680. The van der Waals surface area contributed by atoms with Gasteiger partial charge in [-0.1, -0.05) is 6.92 Å². The Balaban J connectivity index is 2.20. The van der Waals surface area contributed by atoms with Gasteiger partial charge in [0.25, 0.3) is 0 Å². The molecule has 0 radical (unpaired) electrons. The van der Waals surface area contributed by atoms with Crippen molar-refractivity contribution in [2.24, 2.45) is 5.92 Å². The second kappa shape index (κ2) is 5.48. The van der Waals surface area contributed by atoms with Crippen LogP contribution in [0, 0.1) is 5.92 Å². The fraction of sp³-hybridized carbons (Fsp3) is 0.412. The lowest BCUT2D eigenvalue weighted by atomic mass is 9.84. The molecule has 1 aliphatic carbocycles. The highest BCUT2D eigenvalue weighted by atomic mass is 16.5. The third kappa shape index (κ3) is 2.47. The van der Waals surface area contributed by atoms with E-state index in [0.717, 1.165) is 18.4 Å². The summed E-state index contributed by atoms with van der Waals surface area (Å²) >= 11 is 0. The van der Waals surface area contributed by atoms with Crippen LogP contribution < -0.4 is 5.63 Å². The van der Waals surface area contributed by atoms with Crippen molar-refractivity contribution < 1.29 is 19.1 Å². The number of hydrogen-bond donors (Lipinski definition) is 1. The minimum atomic E-state index is -0.410. The summed E-state index contributed by atoms with van der Waals surface area (Å²) in [5.74, 6) is 0.102. The van der Waals surface area contributed by atoms with Gasteiger partial charge in [-0.25, -0.2) is 4.79 Å². The average Bonchev–Trinajstić information content (AvgIpc) is 2.46. The zero-order chi connectivity index (χ0) is 15.9. The van der Waals surface area contributed by atoms with Gasteiger partial charge < -0.3 is 14.3 Å². The maximum Gasteiger partial charge on any atom is 0.339 e. The zero-order valence-electron chi connectivity index (χ0n) is 12.6. The first-order valence-electron chi connectivity index (χ1n) is 7.37. The first-order chi connectivity index (χ1) is 10.5. The Kier molecular flexibility index (Phi) is 3.64. The number of methoxy groups -OCH3 is 1. The summed E-state index contributed by atoms with van der Waals surface area (Å²) in [6.45, 7) is 2.13. The molecular weight excluding hydrogens is 284 g/mol. The predicted octanol–water partition coefficient (Wildman–Crippen LogP) is 2.34. The largest absolute Gasteiger partial charge is 0.507 e. The highest BCUT2D eigenvalue weighted by Gasteiger charge is 2.24. The monoisotopic (exact) mass is 302 g/mol. The lowest BCUT2D eigenvalue weighted by Crippen LogP contribution is -2.20. The van der Waals surface area contributed by atoms with E-state index in [-0.39, 0.29) is 17.8 Å². The van der Waals surface area contributed by atoms with Crippen LogP contribution >= 0.6 is 0 Å². The van der Waals surface area contributed by atoms with Crippen molar-refractivity contribution in [1.82, 2.24) is 0 Å². The highest BCUT2D eigenvalue weighted by molar-refractivity contribution is 5.89. The summed E-state index contributed by atoms with van der Waals surface area (Å²) in [7, 11) is 1.31. The Morgan fingerprint density at radius 3 is 2.91 bits per heavy atom.